The van der Waals surface area contributed by atoms with E-state index in [-0.39, 0.29) is 18.3 Å². The molecule has 1 amide bonds. The highest BCUT2D eigenvalue weighted by atomic mass is 35.5. The van der Waals surface area contributed by atoms with Gasteiger partial charge in [0.1, 0.15) is 0 Å². The predicted molar refractivity (Wildman–Crippen MR) is 103 cm³/mol. The lowest BCUT2D eigenvalue weighted by Crippen LogP contribution is -2.38. The molecule has 26 heavy (non-hydrogen) atoms. The van der Waals surface area contributed by atoms with Crippen molar-refractivity contribution in [2.75, 3.05) is 36.4 Å². The fourth-order valence-corrected chi connectivity index (χ4v) is 3.53. The summed E-state index contributed by atoms with van der Waals surface area (Å²) >= 11 is 0. The topological polar surface area (TPSA) is 74.5 Å². The van der Waals surface area contributed by atoms with Gasteiger partial charge in [0.05, 0.1) is 0 Å². The fourth-order valence-electron chi connectivity index (χ4n) is 3.53. The third-order valence-electron chi connectivity index (χ3n) is 5.05. The Bertz CT molecular complexity index is 740. The standard InChI is InChI=1S/C18H23N5O2.ClH/c1-2-16(24)19-14-5-3-13(4-6-14)17-20-21-18(25-17)23-12-11-22-9-7-15(23)8-10-22;/h3-6,15H,2,7-12H2,1H3,(H,19,24);1H. The van der Waals surface area contributed by atoms with E-state index in [1.807, 2.05) is 31.2 Å². The Hall–Kier alpha value is -2.12. The highest BCUT2D eigenvalue weighted by Gasteiger charge is 2.31. The minimum atomic E-state index is -0.000373. The van der Waals surface area contributed by atoms with E-state index in [1.54, 1.807) is 0 Å². The number of rotatable bonds is 4. The lowest BCUT2D eigenvalue weighted by molar-refractivity contribution is -0.115. The molecule has 0 unspecified atom stereocenters. The minimum Gasteiger partial charge on any atom is -0.403 e. The number of amides is 1. The van der Waals surface area contributed by atoms with E-state index in [0.29, 0.717) is 24.4 Å². The summed E-state index contributed by atoms with van der Waals surface area (Å²) in [5.41, 5.74) is 1.63. The summed E-state index contributed by atoms with van der Waals surface area (Å²) in [7, 11) is 0. The van der Waals surface area contributed by atoms with Crippen LogP contribution in [0.4, 0.5) is 11.7 Å². The van der Waals surface area contributed by atoms with Gasteiger partial charge in [-0.15, -0.1) is 17.5 Å². The third-order valence-corrected chi connectivity index (χ3v) is 5.05. The van der Waals surface area contributed by atoms with Crippen LogP contribution in [-0.4, -0.2) is 53.2 Å². The minimum absolute atomic E-state index is 0. The van der Waals surface area contributed by atoms with Gasteiger partial charge in [-0.3, -0.25) is 4.79 Å². The van der Waals surface area contributed by atoms with Gasteiger partial charge in [-0.25, -0.2) is 0 Å². The van der Waals surface area contributed by atoms with Crippen LogP contribution in [0.15, 0.2) is 28.7 Å². The van der Waals surface area contributed by atoms with Crippen molar-refractivity contribution in [3.63, 3.8) is 0 Å². The van der Waals surface area contributed by atoms with E-state index < -0.39 is 0 Å². The number of nitrogens with zero attached hydrogens (tertiary/aromatic N) is 4. The van der Waals surface area contributed by atoms with Crippen molar-refractivity contribution in [1.29, 1.82) is 0 Å². The normalized spacial score (nSPS) is 21.8. The first-order chi connectivity index (χ1) is 12.2. The van der Waals surface area contributed by atoms with E-state index in [4.69, 9.17) is 4.42 Å². The fraction of sp³-hybridized carbons (Fsp3) is 0.500. The molecule has 1 N–H and O–H groups in total. The van der Waals surface area contributed by atoms with Crippen LogP contribution in [-0.2, 0) is 4.79 Å². The SMILES string of the molecule is CCC(=O)Nc1ccc(-c2nnc(N3CCN4CCC3CC4)o2)cc1.Cl. The molecule has 0 radical (unpaired) electrons. The summed E-state index contributed by atoms with van der Waals surface area (Å²) in [5, 5.41) is 11.3. The third kappa shape index (κ3) is 3.83. The van der Waals surface area contributed by atoms with Crippen LogP contribution in [0, 0.1) is 0 Å². The number of carbonyl (C=O) groups is 1. The Morgan fingerprint density at radius 2 is 1.88 bits per heavy atom. The first kappa shape index (κ1) is 18.7. The molecule has 8 heteroatoms. The van der Waals surface area contributed by atoms with Crippen molar-refractivity contribution < 1.29 is 9.21 Å². The second kappa shape index (κ2) is 8.05. The van der Waals surface area contributed by atoms with Crippen molar-refractivity contribution in [2.24, 2.45) is 0 Å². The lowest BCUT2D eigenvalue weighted by atomic mass is 10.1. The maximum atomic E-state index is 11.4. The average Bonchev–Trinajstić information content (AvgIpc) is 2.94. The van der Waals surface area contributed by atoms with Gasteiger partial charge in [0, 0.05) is 49.9 Å². The van der Waals surface area contributed by atoms with Gasteiger partial charge in [0.2, 0.25) is 11.8 Å². The molecular weight excluding hydrogens is 354 g/mol. The number of fused-ring (bicyclic) bond motifs is 4. The van der Waals surface area contributed by atoms with E-state index in [9.17, 15) is 4.79 Å². The molecule has 3 saturated heterocycles. The van der Waals surface area contributed by atoms with Crippen LogP contribution in [0.5, 0.6) is 0 Å². The second-order valence-electron chi connectivity index (χ2n) is 6.64. The maximum Gasteiger partial charge on any atom is 0.318 e. The number of halogens is 1. The zero-order valence-electron chi connectivity index (χ0n) is 14.9. The quantitative estimate of drug-likeness (QED) is 0.883. The predicted octanol–water partition coefficient (Wildman–Crippen LogP) is 2.79. The summed E-state index contributed by atoms with van der Waals surface area (Å²) < 4.78 is 5.96. The van der Waals surface area contributed by atoms with Crippen molar-refractivity contribution in [1.82, 2.24) is 15.1 Å². The van der Waals surface area contributed by atoms with Gasteiger partial charge in [0.25, 0.3) is 0 Å². The van der Waals surface area contributed by atoms with Gasteiger partial charge >= 0.3 is 6.01 Å². The molecule has 1 aromatic heterocycles. The van der Waals surface area contributed by atoms with Crippen LogP contribution >= 0.6 is 12.4 Å². The molecule has 140 valence electrons. The summed E-state index contributed by atoms with van der Waals surface area (Å²) in [6.07, 6.45) is 2.77. The first-order valence-corrected chi connectivity index (χ1v) is 8.95. The Morgan fingerprint density at radius 1 is 1.15 bits per heavy atom. The summed E-state index contributed by atoms with van der Waals surface area (Å²) in [4.78, 5) is 16.2. The van der Waals surface area contributed by atoms with Crippen molar-refractivity contribution >= 4 is 30.0 Å². The molecule has 0 atom stereocenters. The van der Waals surface area contributed by atoms with Crippen molar-refractivity contribution in [2.45, 2.75) is 32.2 Å². The molecule has 2 aromatic rings. The molecule has 0 saturated carbocycles. The lowest BCUT2D eigenvalue weighted by Gasteiger charge is -2.29. The van der Waals surface area contributed by atoms with Gasteiger partial charge < -0.3 is 19.5 Å². The van der Waals surface area contributed by atoms with Crippen LogP contribution in [0.2, 0.25) is 0 Å². The number of carbonyl (C=O) groups excluding carboxylic acids is 1. The van der Waals surface area contributed by atoms with Crippen LogP contribution in [0.1, 0.15) is 26.2 Å². The molecule has 0 spiro atoms. The van der Waals surface area contributed by atoms with Crippen molar-refractivity contribution in [3.05, 3.63) is 24.3 Å². The van der Waals surface area contributed by atoms with Crippen LogP contribution < -0.4 is 10.2 Å². The van der Waals surface area contributed by atoms with E-state index in [0.717, 1.165) is 50.3 Å². The molecular formula is C18H24ClN5O2. The Kier molecular flexibility index (Phi) is 5.78. The molecule has 5 rings (SSSR count). The van der Waals surface area contributed by atoms with E-state index in [1.165, 1.54) is 0 Å². The number of benzene rings is 1. The maximum absolute atomic E-state index is 11.4. The second-order valence-corrected chi connectivity index (χ2v) is 6.64. The number of nitrogens with one attached hydrogen (secondary N) is 1. The molecule has 3 aliphatic rings. The summed E-state index contributed by atoms with van der Waals surface area (Å²) in [6.45, 7) is 6.14. The Labute approximate surface area is 159 Å². The number of aromatic nitrogens is 2. The smallest absolute Gasteiger partial charge is 0.318 e. The number of piperidine rings is 1. The molecule has 3 aliphatic heterocycles. The summed E-state index contributed by atoms with van der Waals surface area (Å²) in [5.74, 6) is 0.516. The zero-order chi connectivity index (χ0) is 17.2. The largest absolute Gasteiger partial charge is 0.403 e. The van der Waals surface area contributed by atoms with E-state index in [2.05, 4.69) is 25.3 Å². The molecule has 2 bridgehead atoms. The van der Waals surface area contributed by atoms with Crippen LogP contribution in [0.3, 0.4) is 0 Å². The first-order valence-electron chi connectivity index (χ1n) is 8.95. The average molecular weight is 378 g/mol. The Balaban J connectivity index is 0.00000196. The van der Waals surface area contributed by atoms with Crippen molar-refractivity contribution in [3.8, 4) is 11.5 Å². The van der Waals surface area contributed by atoms with Gasteiger partial charge in [-0.1, -0.05) is 12.0 Å². The molecule has 3 fully saturated rings. The molecule has 1 aromatic carbocycles. The number of hydrogen-bond acceptors (Lipinski definition) is 6. The van der Waals surface area contributed by atoms with Gasteiger partial charge in [-0.05, 0) is 37.1 Å². The number of hydrogen-bond donors (Lipinski definition) is 1. The molecule has 4 heterocycles. The number of anilines is 2. The summed E-state index contributed by atoms with van der Waals surface area (Å²) in [6, 6.07) is 8.61. The van der Waals surface area contributed by atoms with Gasteiger partial charge in [-0.2, -0.15) is 0 Å². The van der Waals surface area contributed by atoms with Crippen LogP contribution in [0.25, 0.3) is 11.5 Å². The highest BCUT2D eigenvalue weighted by Crippen LogP contribution is 2.28. The monoisotopic (exact) mass is 377 g/mol. The van der Waals surface area contributed by atoms with Gasteiger partial charge in [0.15, 0.2) is 0 Å². The van der Waals surface area contributed by atoms with E-state index >= 15 is 0 Å². The zero-order valence-corrected chi connectivity index (χ0v) is 15.7. The Morgan fingerprint density at radius 3 is 2.58 bits per heavy atom. The molecule has 7 nitrogen and oxygen atoms in total. The highest BCUT2D eigenvalue weighted by molar-refractivity contribution is 5.90. The molecule has 0 aliphatic carbocycles.